The van der Waals surface area contributed by atoms with E-state index in [1.807, 2.05) is 6.07 Å². The lowest BCUT2D eigenvalue weighted by Crippen LogP contribution is -1.93. The minimum Gasteiger partial charge on any atom is -0.483 e. The van der Waals surface area contributed by atoms with Crippen molar-refractivity contribution in [3.05, 3.63) is 28.8 Å². The van der Waals surface area contributed by atoms with Crippen molar-refractivity contribution in [1.29, 1.82) is 0 Å². The molecule has 0 spiro atoms. The second-order valence-corrected chi connectivity index (χ2v) is 2.83. The quantitative estimate of drug-likeness (QED) is 0.474. The Kier molecular flexibility index (Phi) is 4.59. The normalized spacial score (nSPS) is 8.54. The minimum absolute atomic E-state index is 0.250. The molecule has 1 rings (SSSR count). The third-order valence-electron chi connectivity index (χ3n) is 2.10. The van der Waals surface area contributed by atoms with Crippen LogP contribution in [0.2, 0.25) is 0 Å². The average molecular weight is 181 g/mol. The van der Waals surface area contributed by atoms with Crippen molar-refractivity contribution >= 4 is 12.2 Å². The Morgan fingerprint density at radius 2 is 1.69 bits per heavy atom. The fourth-order valence-corrected chi connectivity index (χ4v) is 0.977. The molecule has 0 amide bonds. The highest BCUT2D eigenvalue weighted by Crippen LogP contribution is 2.17. The summed E-state index contributed by atoms with van der Waals surface area (Å²) in [7, 11) is 0. The standard InChI is InChI=1S/C9H13N.CH2O2/c1-6-4-5-9(10)8(3)7(6)2;2-1-3/h4-5H,10H2,1-3H3;1H,(H,2,3). The van der Waals surface area contributed by atoms with Crippen LogP contribution in [0, 0.1) is 20.8 Å². The van der Waals surface area contributed by atoms with Crippen LogP contribution in [0.25, 0.3) is 0 Å². The zero-order valence-electron chi connectivity index (χ0n) is 8.16. The summed E-state index contributed by atoms with van der Waals surface area (Å²) in [5.74, 6) is 0. The first-order chi connectivity index (χ1) is 6.04. The number of nitrogens with two attached hydrogens (primary N) is 1. The summed E-state index contributed by atoms with van der Waals surface area (Å²) in [5.41, 5.74) is 10.4. The molecular formula is C10H15NO2. The van der Waals surface area contributed by atoms with E-state index in [1.54, 1.807) is 0 Å². The minimum atomic E-state index is -0.250. The summed E-state index contributed by atoms with van der Waals surface area (Å²) in [6, 6.07) is 4.01. The summed E-state index contributed by atoms with van der Waals surface area (Å²) in [4.78, 5) is 8.36. The van der Waals surface area contributed by atoms with Gasteiger partial charge >= 0.3 is 0 Å². The van der Waals surface area contributed by atoms with E-state index in [0.29, 0.717) is 0 Å². The van der Waals surface area contributed by atoms with Gasteiger partial charge in [-0.3, -0.25) is 4.79 Å². The molecule has 0 unspecified atom stereocenters. The maximum absolute atomic E-state index is 8.36. The number of hydrogen-bond donors (Lipinski definition) is 2. The van der Waals surface area contributed by atoms with Gasteiger partial charge in [0.05, 0.1) is 0 Å². The Bertz CT molecular complexity index is 268. The lowest BCUT2D eigenvalue weighted by molar-refractivity contribution is -0.122. The van der Waals surface area contributed by atoms with Gasteiger partial charge in [-0.15, -0.1) is 0 Å². The van der Waals surface area contributed by atoms with Crippen molar-refractivity contribution in [3.63, 3.8) is 0 Å². The van der Waals surface area contributed by atoms with Crippen LogP contribution >= 0.6 is 0 Å². The van der Waals surface area contributed by atoms with Crippen LogP contribution in [0.1, 0.15) is 16.7 Å². The predicted molar refractivity (Wildman–Crippen MR) is 53.8 cm³/mol. The number of hydrogen-bond acceptors (Lipinski definition) is 2. The lowest BCUT2D eigenvalue weighted by atomic mass is 10.0. The molecule has 3 nitrogen and oxygen atoms in total. The lowest BCUT2D eigenvalue weighted by Gasteiger charge is -2.05. The molecule has 0 heterocycles. The van der Waals surface area contributed by atoms with E-state index in [9.17, 15) is 0 Å². The Balaban J connectivity index is 0.000000424. The number of rotatable bonds is 0. The van der Waals surface area contributed by atoms with E-state index in [4.69, 9.17) is 15.6 Å². The molecule has 0 aromatic heterocycles. The first-order valence-corrected chi connectivity index (χ1v) is 3.94. The van der Waals surface area contributed by atoms with Gasteiger partial charge in [0, 0.05) is 5.69 Å². The maximum atomic E-state index is 8.36. The maximum Gasteiger partial charge on any atom is 0.290 e. The first kappa shape index (κ1) is 11.5. The molecular weight excluding hydrogens is 166 g/mol. The molecule has 1 aromatic rings. The third-order valence-corrected chi connectivity index (χ3v) is 2.10. The number of carboxylic acid groups (broad SMARTS) is 1. The molecule has 0 saturated carbocycles. The highest BCUT2D eigenvalue weighted by atomic mass is 16.3. The fraction of sp³-hybridized carbons (Fsp3) is 0.300. The van der Waals surface area contributed by atoms with Crippen molar-refractivity contribution in [3.8, 4) is 0 Å². The Hall–Kier alpha value is -1.51. The van der Waals surface area contributed by atoms with Crippen molar-refractivity contribution in [2.24, 2.45) is 0 Å². The Morgan fingerprint density at radius 1 is 1.23 bits per heavy atom. The van der Waals surface area contributed by atoms with Crippen LogP contribution in [0.4, 0.5) is 5.69 Å². The van der Waals surface area contributed by atoms with Crippen molar-refractivity contribution in [2.75, 3.05) is 5.73 Å². The number of benzene rings is 1. The molecule has 0 aliphatic carbocycles. The van der Waals surface area contributed by atoms with Crippen molar-refractivity contribution in [1.82, 2.24) is 0 Å². The van der Waals surface area contributed by atoms with Crippen molar-refractivity contribution < 1.29 is 9.90 Å². The van der Waals surface area contributed by atoms with E-state index >= 15 is 0 Å². The van der Waals surface area contributed by atoms with Crippen LogP contribution < -0.4 is 5.73 Å². The molecule has 0 bridgehead atoms. The van der Waals surface area contributed by atoms with Gasteiger partial charge < -0.3 is 10.8 Å². The van der Waals surface area contributed by atoms with Gasteiger partial charge in [-0.2, -0.15) is 0 Å². The highest BCUT2D eigenvalue weighted by Gasteiger charge is 1.98. The van der Waals surface area contributed by atoms with Gasteiger partial charge in [0.2, 0.25) is 0 Å². The molecule has 1 aromatic carbocycles. The van der Waals surface area contributed by atoms with Gasteiger partial charge in [-0.25, -0.2) is 0 Å². The summed E-state index contributed by atoms with van der Waals surface area (Å²) in [6.07, 6.45) is 0. The summed E-state index contributed by atoms with van der Waals surface area (Å²) >= 11 is 0. The number of nitrogen functional groups attached to an aromatic ring is 1. The number of aryl methyl sites for hydroxylation is 1. The number of carbonyl (C=O) groups is 1. The molecule has 3 N–H and O–H groups in total. The monoisotopic (exact) mass is 181 g/mol. The van der Waals surface area contributed by atoms with Gasteiger partial charge in [0.1, 0.15) is 0 Å². The fourth-order valence-electron chi connectivity index (χ4n) is 0.977. The summed E-state index contributed by atoms with van der Waals surface area (Å²) < 4.78 is 0. The van der Waals surface area contributed by atoms with Gasteiger partial charge in [0.15, 0.2) is 0 Å². The van der Waals surface area contributed by atoms with E-state index in [1.165, 1.54) is 16.7 Å². The van der Waals surface area contributed by atoms with E-state index in [2.05, 4.69) is 26.8 Å². The molecule has 0 aliphatic heterocycles. The second kappa shape index (κ2) is 5.19. The number of anilines is 1. The van der Waals surface area contributed by atoms with Crippen LogP contribution in [-0.2, 0) is 4.79 Å². The topological polar surface area (TPSA) is 63.3 Å². The first-order valence-electron chi connectivity index (χ1n) is 3.94. The zero-order chi connectivity index (χ0) is 10.4. The molecule has 72 valence electrons. The van der Waals surface area contributed by atoms with Crippen molar-refractivity contribution in [2.45, 2.75) is 20.8 Å². The molecule has 0 radical (unpaired) electrons. The van der Waals surface area contributed by atoms with Crippen LogP contribution in [0.15, 0.2) is 12.1 Å². The zero-order valence-corrected chi connectivity index (χ0v) is 8.16. The average Bonchev–Trinajstić information content (AvgIpc) is 2.10. The van der Waals surface area contributed by atoms with Crippen LogP contribution in [0.3, 0.4) is 0 Å². The van der Waals surface area contributed by atoms with Gasteiger partial charge in [-0.05, 0) is 43.5 Å². The largest absolute Gasteiger partial charge is 0.483 e. The summed E-state index contributed by atoms with van der Waals surface area (Å²) in [5, 5.41) is 6.89. The Labute approximate surface area is 78.2 Å². The second-order valence-electron chi connectivity index (χ2n) is 2.83. The third kappa shape index (κ3) is 3.15. The van der Waals surface area contributed by atoms with Gasteiger partial charge in [-0.1, -0.05) is 6.07 Å². The highest BCUT2D eigenvalue weighted by molar-refractivity contribution is 5.52. The van der Waals surface area contributed by atoms with E-state index in [0.717, 1.165) is 5.69 Å². The van der Waals surface area contributed by atoms with Crippen LogP contribution in [-0.4, -0.2) is 11.6 Å². The molecule has 3 heteroatoms. The smallest absolute Gasteiger partial charge is 0.290 e. The van der Waals surface area contributed by atoms with E-state index < -0.39 is 0 Å². The molecule has 0 atom stereocenters. The summed E-state index contributed by atoms with van der Waals surface area (Å²) in [6.45, 7) is 6.00. The Morgan fingerprint density at radius 3 is 2.08 bits per heavy atom. The SMILES string of the molecule is Cc1ccc(N)c(C)c1C.O=CO. The van der Waals surface area contributed by atoms with Gasteiger partial charge in [0.25, 0.3) is 6.47 Å². The molecule has 13 heavy (non-hydrogen) atoms. The van der Waals surface area contributed by atoms with E-state index in [-0.39, 0.29) is 6.47 Å². The predicted octanol–water partition coefficient (Wildman–Crippen LogP) is 1.89. The molecule has 0 saturated heterocycles. The molecule has 0 fully saturated rings. The molecule has 0 aliphatic rings. The van der Waals surface area contributed by atoms with Crippen LogP contribution in [0.5, 0.6) is 0 Å².